The first-order valence-electron chi connectivity index (χ1n) is 7.95. The maximum Gasteiger partial charge on any atom is 0.262 e. The Hall–Kier alpha value is -1.45. The van der Waals surface area contributed by atoms with Crippen LogP contribution < -0.4 is 5.32 Å². The van der Waals surface area contributed by atoms with Crippen LogP contribution in [-0.4, -0.2) is 60.5 Å². The van der Waals surface area contributed by atoms with Gasteiger partial charge in [-0.3, -0.25) is 4.79 Å². The van der Waals surface area contributed by atoms with Gasteiger partial charge in [0, 0.05) is 25.3 Å². The molecule has 1 saturated carbocycles. The molecular formula is C14H22N4O4S. The molecule has 2 fully saturated rings. The standard InChI is InChI=1S/C14H22N4O4S/c19-13(16-12-3-1-2-4-12)9-17-10-14(15-11-17)23(20,21)18-5-7-22-8-6-18/h10-12H,1-9H2,(H,16,19). The molecule has 1 aliphatic heterocycles. The topological polar surface area (TPSA) is 93.5 Å². The van der Waals surface area contributed by atoms with Gasteiger partial charge in [0.05, 0.1) is 19.5 Å². The lowest BCUT2D eigenvalue weighted by atomic mass is 10.2. The number of carbonyl (C=O) groups is 1. The first-order chi connectivity index (χ1) is 11.1. The van der Waals surface area contributed by atoms with E-state index < -0.39 is 10.0 Å². The summed E-state index contributed by atoms with van der Waals surface area (Å²) in [4.78, 5) is 16.0. The molecule has 1 saturated heterocycles. The van der Waals surface area contributed by atoms with Gasteiger partial charge in [-0.15, -0.1) is 0 Å². The molecule has 0 unspecified atom stereocenters. The maximum atomic E-state index is 12.5. The molecule has 1 aliphatic carbocycles. The van der Waals surface area contributed by atoms with Crippen LogP contribution in [0, 0.1) is 0 Å². The number of aromatic nitrogens is 2. The van der Waals surface area contributed by atoms with Gasteiger partial charge in [-0.2, -0.15) is 4.31 Å². The van der Waals surface area contributed by atoms with Crippen molar-refractivity contribution in [3.8, 4) is 0 Å². The minimum atomic E-state index is -3.61. The Kier molecular flexibility index (Phi) is 4.98. The molecule has 0 atom stereocenters. The molecule has 1 aromatic heterocycles. The first-order valence-corrected chi connectivity index (χ1v) is 9.39. The van der Waals surface area contributed by atoms with Gasteiger partial charge in [0.15, 0.2) is 5.03 Å². The van der Waals surface area contributed by atoms with Gasteiger partial charge in [0.2, 0.25) is 5.91 Å². The third-order valence-corrected chi connectivity index (χ3v) is 6.01. The van der Waals surface area contributed by atoms with E-state index in [-0.39, 0.29) is 23.5 Å². The molecule has 128 valence electrons. The van der Waals surface area contributed by atoms with Crippen LogP contribution in [0.4, 0.5) is 0 Å². The summed E-state index contributed by atoms with van der Waals surface area (Å²) in [6.07, 6.45) is 7.15. The largest absolute Gasteiger partial charge is 0.379 e. The molecule has 0 aromatic carbocycles. The molecule has 0 radical (unpaired) electrons. The predicted octanol–water partition coefficient (Wildman–Crippen LogP) is -0.0372. The molecule has 2 heterocycles. The lowest BCUT2D eigenvalue weighted by Crippen LogP contribution is -2.40. The van der Waals surface area contributed by atoms with Crippen molar-refractivity contribution in [1.29, 1.82) is 0 Å². The summed E-state index contributed by atoms with van der Waals surface area (Å²) in [7, 11) is -3.61. The number of carbonyl (C=O) groups excluding carboxylic acids is 1. The van der Waals surface area contributed by atoms with Crippen LogP contribution in [0.3, 0.4) is 0 Å². The molecule has 0 spiro atoms. The fourth-order valence-corrected chi connectivity index (χ4v) is 4.33. The minimum Gasteiger partial charge on any atom is -0.379 e. The number of ether oxygens (including phenoxy) is 1. The van der Waals surface area contributed by atoms with Crippen molar-refractivity contribution in [3.05, 3.63) is 12.5 Å². The van der Waals surface area contributed by atoms with Crippen LogP contribution in [0.5, 0.6) is 0 Å². The summed E-state index contributed by atoms with van der Waals surface area (Å²) in [6, 6.07) is 0.252. The lowest BCUT2D eigenvalue weighted by Gasteiger charge is -2.24. The van der Waals surface area contributed by atoms with E-state index in [9.17, 15) is 13.2 Å². The van der Waals surface area contributed by atoms with Crippen LogP contribution >= 0.6 is 0 Å². The number of hydrogen-bond acceptors (Lipinski definition) is 5. The van der Waals surface area contributed by atoms with E-state index in [2.05, 4.69) is 10.3 Å². The van der Waals surface area contributed by atoms with Gasteiger partial charge >= 0.3 is 0 Å². The second-order valence-corrected chi connectivity index (χ2v) is 7.83. The van der Waals surface area contributed by atoms with E-state index in [1.165, 1.54) is 21.4 Å². The normalized spacial score (nSPS) is 20.7. The third-order valence-electron chi connectivity index (χ3n) is 4.23. The number of nitrogens with one attached hydrogen (secondary N) is 1. The van der Waals surface area contributed by atoms with Crippen molar-refractivity contribution in [2.24, 2.45) is 0 Å². The number of morpholine rings is 1. The smallest absolute Gasteiger partial charge is 0.262 e. The molecule has 8 nitrogen and oxygen atoms in total. The number of hydrogen-bond donors (Lipinski definition) is 1. The Bertz CT molecular complexity index is 645. The first kappa shape index (κ1) is 16.4. The van der Waals surface area contributed by atoms with Crippen molar-refractivity contribution in [1.82, 2.24) is 19.2 Å². The molecule has 1 N–H and O–H groups in total. The van der Waals surface area contributed by atoms with E-state index in [1.54, 1.807) is 0 Å². The summed E-state index contributed by atoms with van der Waals surface area (Å²) in [5.41, 5.74) is 0. The summed E-state index contributed by atoms with van der Waals surface area (Å²) < 4.78 is 33.0. The Morgan fingerprint density at radius 1 is 1.30 bits per heavy atom. The second kappa shape index (κ2) is 6.98. The molecule has 3 rings (SSSR count). The Balaban J connectivity index is 1.61. The van der Waals surface area contributed by atoms with Crippen LogP contribution in [0.15, 0.2) is 17.6 Å². The summed E-state index contributed by atoms with van der Waals surface area (Å²) in [5.74, 6) is -0.107. The summed E-state index contributed by atoms with van der Waals surface area (Å²) in [5, 5.41) is 2.95. The molecule has 1 aromatic rings. The number of nitrogens with zero attached hydrogens (tertiary/aromatic N) is 3. The number of rotatable bonds is 5. The molecule has 0 bridgehead atoms. The Labute approximate surface area is 135 Å². The molecule has 23 heavy (non-hydrogen) atoms. The Morgan fingerprint density at radius 2 is 2.00 bits per heavy atom. The highest BCUT2D eigenvalue weighted by Crippen LogP contribution is 2.18. The second-order valence-electron chi connectivity index (χ2n) is 5.95. The quantitative estimate of drug-likeness (QED) is 0.811. The summed E-state index contributed by atoms with van der Waals surface area (Å²) >= 11 is 0. The Morgan fingerprint density at radius 3 is 2.70 bits per heavy atom. The van der Waals surface area contributed by atoms with Gasteiger partial charge in [-0.25, -0.2) is 13.4 Å². The molecule has 2 aliphatic rings. The van der Waals surface area contributed by atoms with Crippen molar-refractivity contribution >= 4 is 15.9 Å². The predicted molar refractivity (Wildman–Crippen MR) is 82.2 cm³/mol. The lowest BCUT2D eigenvalue weighted by molar-refractivity contribution is -0.122. The van der Waals surface area contributed by atoms with Crippen LogP contribution in [0.25, 0.3) is 0 Å². The number of imidazole rings is 1. The SMILES string of the molecule is O=C(Cn1cnc(S(=O)(=O)N2CCOCC2)c1)NC1CCCC1. The minimum absolute atomic E-state index is 0.0203. The van der Waals surface area contributed by atoms with Gasteiger partial charge in [0.25, 0.3) is 10.0 Å². The van der Waals surface area contributed by atoms with Crippen molar-refractivity contribution in [3.63, 3.8) is 0 Å². The van der Waals surface area contributed by atoms with E-state index >= 15 is 0 Å². The van der Waals surface area contributed by atoms with E-state index in [1.807, 2.05) is 0 Å². The highest BCUT2D eigenvalue weighted by atomic mass is 32.2. The third kappa shape index (κ3) is 3.91. The highest BCUT2D eigenvalue weighted by Gasteiger charge is 2.28. The number of sulfonamides is 1. The van der Waals surface area contributed by atoms with Crippen LogP contribution in [0.2, 0.25) is 0 Å². The maximum absolute atomic E-state index is 12.5. The van der Waals surface area contributed by atoms with Crippen molar-refractivity contribution < 1.29 is 17.9 Å². The summed E-state index contributed by atoms with van der Waals surface area (Å²) in [6.45, 7) is 1.53. The highest BCUT2D eigenvalue weighted by molar-refractivity contribution is 7.89. The zero-order chi connectivity index (χ0) is 16.3. The van der Waals surface area contributed by atoms with E-state index in [0.29, 0.717) is 26.3 Å². The van der Waals surface area contributed by atoms with Crippen molar-refractivity contribution in [2.75, 3.05) is 26.3 Å². The molecule has 9 heteroatoms. The average Bonchev–Trinajstić information content (AvgIpc) is 3.20. The average molecular weight is 342 g/mol. The molecule has 1 amide bonds. The van der Waals surface area contributed by atoms with Gasteiger partial charge in [-0.1, -0.05) is 12.8 Å². The van der Waals surface area contributed by atoms with Gasteiger partial charge < -0.3 is 14.6 Å². The number of amides is 1. The fourth-order valence-electron chi connectivity index (χ4n) is 2.99. The monoisotopic (exact) mass is 342 g/mol. The fraction of sp³-hybridized carbons (Fsp3) is 0.714. The van der Waals surface area contributed by atoms with E-state index in [0.717, 1.165) is 25.7 Å². The molecular weight excluding hydrogens is 320 g/mol. The van der Waals surface area contributed by atoms with Gasteiger partial charge in [-0.05, 0) is 12.8 Å². The zero-order valence-corrected chi connectivity index (χ0v) is 13.8. The van der Waals surface area contributed by atoms with Crippen LogP contribution in [0.1, 0.15) is 25.7 Å². The van der Waals surface area contributed by atoms with Crippen molar-refractivity contribution in [2.45, 2.75) is 43.3 Å². The van der Waals surface area contributed by atoms with Crippen LogP contribution in [-0.2, 0) is 26.1 Å². The zero-order valence-electron chi connectivity index (χ0n) is 13.0. The van der Waals surface area contributed by atoms with E-state index in [4.69, 9.17) is 4.74 Å². The van der Waals surface area contributed by atoms with Gasteiger partial charge in [0.1, 0.15) is 6.54 Å².